The number of aliphatic hydroxyl groups is 1. The summed E-state index contributed by atoms with van der Waals surface area (Å²) >= 11 is 0. The minimum atomic E-state index is -0.664. The van der Waals surface area contributed by atoms with Gasteiger partial charge in [-0.15, -0.1) is 0 Å². The Kier molecular flexibility index (Phi) is 6.15. The number of benzene rings is 2. The molecule has 2 aromatic rings. The van der Waals surface area contributed by atoms with Gasteiger partial charge < -0.3 is 9.84 Å². The van der Waals surface area contributed by atoms with Crippen molar-refractivity contribution in [2.45, 2.75) is 18.9 Å². The van der Waals surface area contributed by atoms with Crippen molar-refractivity contribution in [3.63, 3.8) is 0 Å². The SMILES string of the molecule is COc1c(F)cccc1C1=CCN(CC(O)CCN2C(=O)c3ccccc3C2=O)CC1. The monoisotopic (exact) mass is 424 g/mol. The second-order valence-electron chi connectivity index (χ2n) is 7.81. The Bertz CT molecular complexity index is 1000. The molecule has 7 heteroatoms. The molecule has 1 N–H and O–H groups in total. The Morgan fingerprint density at radius 2 is 1.74 bits per heavy atom. The number of methoxy groups -OCH3 is 1. The van der Waals surface area contributed by atoms with Gasteiger partial charge in [0.15, 0.2) is 11.6 Å². The molecule has 0 aliphatic carbocycles. The zero-order chi connectivity index (χ0) is 22.0. The molecule has 2 heterocycles. The third kappa shape index (κ3) is 4.24. The van der Waals surface area contributed by atoms with Crippen LogP contribution in [0.15, 0.2) is 48.5 Å². The average Bonchev–Trinajstić information content (AvgIpc) is 3.02. The molecule has 31 heavy (non-hydrogen) atoms. The molecule has 4 rings (SSSR count). The van der Waals surface area contributed by atoms with Gasteiger partial charge in [0.05, 0.1) is 24.3 Å². The summed E-state index contributed by atoms with van der Waals surface area (Å²) in [6.07, 6.45) is 2.39. The highest BCUT2D eigenvalue weighted by molar-refractivity contribution is 6.21. The summed E-state index contributed by atoms with van der Waals surface area (Å²) in [5.74, 6) is -0.736. The maximum absolute atomic E-state index is 14.0. The van der Waals surface area contributed by atoms with Gasteiger partial charge >= 0.3 is 0 Å². The molecule has 0 saturated carbocycles. The first-order chi connectivity index (χ1) is 15.0. The van der Waals surface area contributed by atoms with Crippen molar-refractivity contribution in [3.05, 3.63) is 71.0 Å². The van der Waals surface area contributed by atoms with Gasteiger partial charge in [0.2, 0.25) is 0 Å². The summed E-state index contributed by atoms with van der Waals surface area (Å²) in [4.78, 5) is 28.2. The van der Waals surface area contributed by atoms with Gasteiger partial charge in [0, 0.05) is 31.7 Å². The van der Waals surface area contributed by atoms with Crippen LogP contribution in [-0.2, 0) is 0 Å². The summed E-state index contributed by atoms with van der Waals surface area (Å²) in [5.41, 5.74) is 2.62. The molecular formula is C24H25FN2O4. The second kappa shape index (κ2) is 8.99. The van der Waals surface area contributed by atoms with Crippen LogP contribution in [0.3, 0.4) is 0 Å². The lowest BCUT2D eigenvalue weighted by Crippen LogP contribution is -2.38. The van der Waals surface area contributed by atoms with Gasteiger partial charge in [-0.05, 0) is 36.6 Å². The van der Waals surface area contributed by atoms with E-state index in [-0.39, 0.29) is 29.9 Å². The van der Waals surface area contributed by atoms with Crippen molar-refractivity contribution >= 4 is 17.4 Å². The van der Waals surface area contributed by atoms with E-state index in [0.29, 0.717) is 37.1 Å². The number of carbonyl (C=O) groups is 2. The smallest absolute Gasteiger partial charge is 0.261 e. The van der Waals surface area contributed by atoms with Crippen LogP contribution in [0.2, 0.25) is 0 Å². The largest absolute Gasteiger partial charge is 0.493 e. The van der Waals surface area contributed by atoms with Crippen molar-refractivity contribution in [3.8, 4) is 5.75 Å². The van der Waals surface area contributed by atoms with E-state index in [1.165, 1.54) is 18.1 Å². The van der Waals surface area contributed by atoms with Gasteiger partial charge in [-0.2, -0.15) is 0 Å². The molecule has 1 atom stereocenters. The predicted octanol–water partition coefficient (Wildman–Crippen LogP) is 2.97. The lowest BCUT2D eigenvalue weighted by molar-refractivity contribution is 0.0597. The van der Waals surface area contributed by atoms with E-state index in [2.05, 4.69) is 4.90 Å². The second-order valence-corrected chi connectivity index (χ2v) is 7.81. The molecule has 0 radical (unpaired) electrons. The van der Waals surface area contributed by atoms with E-state index < -0.39 is 6.10 Å². The van der Waals surface area contributed by atoms with Gasteiger partial charge in [-0.25, -0.2) is 4.39 Å². The van der Waals surface area contributed by atoms with Crippen LogP contribution in [0.25, 0.3) is 5.57 Å². The maximum Gasteiger partial charge on any atom is 0.261 e. The normalized spacial score (nSPS) is 17.5. The van der Waals surface area contributed by atoms with Crippen molar-refractivity contribution in [1.82, 2.24) is 9.80 Å². The highest BCUT2D eigenvalue weighted by Crippen LogP contribution is 2.32. The Labute approximate surface area is 180 Å². The Hall–Kier alpha value is -3.03. The fraction of sp³-hybridized carbons (Fsp3) is 0.333. The average molecular weight is 424 g/mol. The zero-order valence-corrected chi connectivity index (χ0v) is 17.4. The number of fused-ring (bicyclic) bond motifs is 1. The molecule has 0 bridgehead atoms. The van der Waals surface area contributed by atoms with E-state index >= 15 is 0 Å². The lowest BCUT2D eigenvalue weighted by atomic mass is 9.98. The first kappa shape index (κ1) is 21.2. The summed E-state index contributed by atoms with van der Waals surface area (Å²) in [6, 6.07) is 11.7. The van der Waals surface area contributed by atoms with Crippen molar-refractivity contribution in [1.29, 1.82) is 0 Å². The van der Waals surface area contributed by atoms with E-state index in [1.807, 2.05) is 12.1 Å². The molecule has 0 spiro atoms. The number of rotatable bonds is 7. The number of imide groups is 1. The quantitative estimate of drug-likeness (QED) is 0.692. The van der Waals surface area contributed by atoms with Crippen LogP contribution in [-0.4, -0.2) is 66.1 Å². The fourth-order valence-electron chi connectivity index (χ4n) is 4.20. The molecule has 2 aliphatic rings. The first-order valence-electron chi connectivity index (χ1n) is 10.4. The molecule has 0 aromatic heterocycles. The van der Waals surface area contributed by atoms with Crippen LogP contribution in [0.4, 0.5) is 4.39 Å². The van der Waals surface area contributed by atoms with Crippen molar-refractivity contribution < 1.29 is 23.8 Å². The number of hydrogen-bond acceptors (Lipinski definition) is 5. The van der Waals surface area contributed by atoms with E-state index in [4.69, 9.17) is 4.74 Å². The zero-order valence-electron chi connectivity index (χ0n) is 17.4. The molecule has 2 aromatic carbocycles. The van der Waals surface area contributed by atoms with E-state index in [0.717, 1.165) is 17.7 Å². The number of aliphatic hydroxyl groups excluding tert-OH is 1. The number of β-amino-alcohol motifs (C(OH)–C–C–N with tert-alkyl or cyclic N) is 1. The molecule has 2 amide bonds. The molecule has 162 valence electrons. The van der Waals surface area contributed by atoms with Crippen LogP contribution in [0.5, 0.6) is 5.75 Å². The highest BCUT2D eigenvalue weighted by atomic mass is 19.1. The summed E-state index contributed by atoms with van der Waals surface area (Å²) in [5, 5.41) is 10.5. The van der Waals surface area contributed by atoms with Crippen LogP contribution >= 0.6 is 0 Å². The number of halogens is 1. The molecular weight excluding hydrogens is 399 g/mol. The third-order valence-electron chi connectivity index (χ3n) is 5.84. The summed E-state index contributed by atoms with van der Waals surface area (Å²) in [7, 11) is 1.46. The summed E-state index contributed by atoms with van der Waals surface area (Å²) < 4.78 is 19.2. The van der Waals surface area contributed by atoms with Gasteiger partial charge in [0.1, 0.15) is 0 Å². The minimum absolute atomic E-state index is 0.183. The standard InChI is InChI=1S/C24H25FN2O4/c1-31-22-18(7-4-8-21(22)25)16-9-12-26(13-10-16)15-17(28)11-14-27-23(29)19-5-2-3-6-20(19)24(27)30/h2-9,17,28H,10-15H2,1H3. The molecule has 0 saturated heterocycles. The Morgan fingerprint density at radius 1 is 1.06 bits per heavy atom. The van der Waals surface area contributed by atoms with Gasteiger partial charge in [0.25, 0.3) is 11.8 Å². The van der Waals surface area contributed by atoms with Gasteiger partial charge in [-0.3, -0.25) is 19.4 Å². The number of hydrogen-bond donors (Lipinski definition) is 1. The highest BCUT2D eigenvalue weighted by Gasteiger charge is 2.35. The molecule has 0 fully saturated rings. The third-order valence-corrected chi connectivity index (χ3v) is 5.84. The summed E-state index contributed by atoms with van der Waals surface area (Å²) in [6.45, 7) is 1.96. The maximum atomic E-state index is 14.0. The molecule has 1 unspecified atom stereocenters. The number of carbonyl (C=O) groups excluding carboxylic acids is 2. The van der Waals surface area contributed by atoms with E-state index in [9.17, 15) is 19.1 Å². The predicted molar refractivity (Wildman–Crippen MR) is 114 cm³/mol. The van der Waals surface area contributed by atoms with Gasteiger partial charge in [-0.1, -0.05) is 30.3 Å². The minimum Gasteiger partial charge on any atom is -0.493 e. The van der Waals surface area contributed by atoms with Crippen LogP contribution in [0, 0.1) is 5.82 Å². The van der Waals surface area contributed by atoms with Crippen LogP contribution < -0.4 is 4.74 Å². The number of ether oxygens (including phenoxy) is 1. The number of nitrogens with zero attached hydrogens (tertiary/aromatic N) is 2. The Morgan fingerprint density at radius 3 is 2.35 bits per heavy atom. The van der Waals surface area contributed by atoms with Crippen molar-refractivity contribution in [2.75, 3.05) is 33.3 Å². The number of amides is 2. The van der Waals surface area contributed by atoms with E-state index in [1.54, 1.807) is 30.3 Å². The first-order valence-corrected chi connectivity index (χ1v) is 10.4. The fourth-order valence-corrected chi connectivity index (χ4v) is 4.20. The Balaban J connectivity index is 1.31. The molecule has 2 aliphatic heterocycles. The lowest BCUT2D eigenvalue weighted by Gasteiger charge is -2.29. The topological polar surface area (TPSA) is 70.1 Å². The van der Waals surface area contributed by atoms with Crippen LogP contribution in [0.1, 0.15) is 39.1 Å². The number of para-hydroxylation sites is 1. The van der Waals surface area contributed by atoms with Crippen molar-refractivity contribution in [2.24, 2.45) is 0 Å². The molecule has 6 nitrogen and oxygen atoms in total.